The van der Waals surface area contributed by atoms with Crippen LogP contribution in [0.1, 0.15) is 53.4 Å². The molecule has 17 heavy (non-hydrogen) atoms. The summed E-state index contributed by atoms with van der Waals surface area (Å²) in [5.74, 6) is 3.34. The number of hydrogen-bond donors (Lipinski definition) is 0. The highest BCUT2D eigenvalue weighted by Crippen LogP contribution is 2.53. The molecule has 0 spiro atoms. The maximum absolute atomic E-state index is 2.45. The molecule has 1 aliphatic heterocycles. The van der Waals surface area contributed by atoms with E-state index in [9.17, 15) is 0 Å². The molecular weight excluding hydrogens is 223 g/mol. The van der Waals surface area contributed by atoms with Crippen LogP contribution in [-0.4, -0.2) is 13.1 Å². The second-order valence-electron chi connectivity index (χ2n) is 6.66. The lowest BCUT2D eigenvalue weighted by atomic mass is 9.79. The van der Waals surface area contributed by atoms with Gasteiger partial charge in [0.05, 0.1) is 0 Å². The van der Waals surface area contributed by atoms with E-state index < -0.39 is 0 Å². The van der Waals surface area contributed by atoms with E-state index in [1.54, 1.807) is 4.91 Å². The molecule has 0 bridgehead atoms. The van der Waals surface area contributed by atoms with E-state index in [1.807, 2.05) is 5.57 Å². The van der Waals surface area contributed by atoms with E-state index in [2.05, 4.69) is 47.3 Å². The Morgan fingerprint density at radius 1 is 1.12 bits per heavy atom. The van der Waals surface area contributed by atoms with Gasteiger partial charge in [0.1, 0.15) is 7.85 Å². The summed E-state index contributed by atoms with van der Waals surface area (Å²) in [4.78, 5) is 1.74. The standard InChI is InChI=1S/C15H27BS/c1-9(2)14-12-7-5-6-11(16)8-13(12)17-15(14)10(3)4/h9-13H,5-8,16H2,1-4H3. The first-order chi connectivity index (χ1) is 8.00. The maximum atomic E-state index is 2.45. The van der Waals surface area contributed by atoms with E-state index in [0.29, 0.717) is 0 Å². The normalized spacial score (nSPS) is 34.4. The van der Waals surface area contributed by atoms with Crippen molar-refractivity contribution in [3.63, 3.8) is 0 Å². The second-order valence-corrected chi connectivity index (χ2v) is 7.94. The Morgan fingerprint density at radius 2 is 1.82 bits per heavy atom. The molecule has 0 nitrogen and oxygen atoms in total. The molecule has 1 fully saturated rings. The monoisotopic (exact) mass is 250 g/mol. The molecule has 2 rings (SSSR count). The van der Waals surface area contributed by atoms with Crippen LogP contribution >= 0.6 is 11.8 Å². The predicted octanol–water partition coefficient (Wildman–Crippen LogP) is 4.28. The first kappa shape index (κ1) is 13.6. The number of rotatable bonds is 2. The molecule has 0 aromatic heterocycles. The lowest BCUT2D eigenvalue weighted by Crippen LogP contribution is -2.16. The Hall–Kier alpha value is 0.155. The zero-order valence-electron chi connectivity index (χ0n) is 12.1. The molecule has 96 valence electrons. The Kier molecular flexibility index (Phi) is 4.33. The van der Waals surface area contributed by atoms with E-state index in [-0.39, 0.29) is 0 Å². The molecule has 2 aliphatic rings. The van der Waals surface area contributed by atoms with Gasteiger partial charge in [-0.25, -0.2) is 0 Å². The van der Waals surface area contributed by atoms with E-state index >= 15 is 0 Å². The summed E-state index contributed by atoms with van der Waals surface area (Å²) in [6, 6.07) is 0. The molecule has 0 aromatic rings. The van der Waals surface area contributed by atoms with E-state index in [4.69, 9.17) is 0 Å². The SMILES string of the molecule is BC1CCCC2C(C(C)C)=C(C(C)C)SC2C1. The minimum Gasteiger partial charge on any atom is -0.126 e. The van der Waals surface area contributed by atoms with Crippen LogP contribution in [0.15, 0.2) is 10.5 Å². The second kappa shape index (κ2) is 5.42. The van der Waals surface area contributed by atoms with Gasteiger partial charge in [-0.15, -0.1) is 11.8 Å². The Bertz CT molecular complexity index is 306. The van der Waals surface area contributed by atoms with Gasteiger partial charge in [-0.05, 0) is 35.5 Å². The van der Waals surface area contributed by atoms with Crippen LogP contribution < -0.4 is 0 Å². The van der Waals surface area contributed by atoms with Crippen molar-refractivity contribution in [1.29, 1.82) is 0 Å². The topological polar surface area (TPSA) is 0 Å². The van der Waals surface area contributed by atoms with Crippen molar-refractivity contribution in [2.75, 3.05) is 0 Å². The van der Waals surface area contributed by atoms with Gasteiger partial charge in [0.15, 0.2) is 0 Å². The molecular formula is C15H27BS. The van der Waals surface area contributed by atoms with E-state index in [1.165, 1.54) is 25.7 Å². The molecule has 2 heteroatoms. The third kappa shape index (κ3) is 2.77. The van der Waals surface area contributed by atoms with Crippen molar-refractivity contribution in [3.8, 4) is 0 Å². The van der Waals surface area contributed by atoms with Crippen molar-refractivity contribution in [3.05, 3.63) is 10.5 Å². The van der Waals surface area contributed by atoms with Crippen molar-refractivity contribution in [2.45, 2.75) is 64.4 Å². The zero-order valence-corrected chi connectivity index (χ0v) is 12.9. The van der Waals surface area contributed by atoms with Crippen molar-refractivity contribution >= 4 is 19.6 Å². The number of allylic oxidation sites excluding steroid dienone is 2. The maximum Gasteiger partial charge on any atom is 0.105 e. The Balaban J connectivity index is 2.25. The van der Waals surface area contributed by atoms with Gasteiger partial charge in [-0.2, -0.15) is 0 Å². The van der Waals surface area contributed by atoms with Crippen LogP contribution in [0.25, 0.3) is 0 Å². The van der Waals surface area contributed by atoms with Gasteiger partial charge in [0.2, 0.25) is 0 Å². The summed E-state index contributed by atoms with van der Waals surface area (Å²) in [5.41, 5.74) is 1.82. The quantitative estimate of drug-likeness (QED) is 0.659. The van der Waals surface area contributed by atoms with Gasteiger partial charge in [0.25, 0.3) is 0 Å². The highest BCUT2D eigenvalue weighted by atomic mass is 32.2. The minimum atomic E-state index is 0.736. The van der Waals surface area contributed by atoms with E-state index in [0.717, 1.165) is 28.8 Å². The van der Waals surface area contributed by atoms with Crippen LogP contribution in [0.5, 0.6) is 0 Å². The summed E-state index contributed by atoms with van der Waals surface area (Å²) in [6.45, 7) is 9.54. The summed E-state index contributed by atoms with van der Waals surface area (Å²) in [7, 11) is 2.45. The number of fused-ring (bicyclic) bond motifs is 1. The zero-order chi connectivity index (χ0) is 12.6. The first-order valence-corrected chi connectivity index (χ1v) is 8.29. The minimum absolute atomic E-state index is 0.736. The van der Waals surface area contributed by atoms with Crippen molar-refractivity contribution in [2.24, 2.45) is 17.8 Å². The van der Waals surface area contributed by atoms with Gasteiger partial charge < -0.3 is 0 Å². The average molecular weight is 250 g/mol. The summed E-state index contributed by atoms with van der Waals surface area (Å²) in [5, 5.41) is 0.905. The van der Waals surface area contributed by atoms with Crippen molar-refractivity contribution < 1.29 is 0 Å². The smallest absolute Gasteiger partial charge is 0.105 e. The lowest BCUT2D eigenvalue weighted by Gasteiger charge is -2.22. The fourth-order valence-corrected chi connectivity index (χ4v) is 5.63. The predicted molar refractivity (Wildman–Crippen MR) is 82.3 cm³/mol. The molecule has 1 heterocycles. The third-order valence-electron chi connectivity index (χ3n) is 4.40. The Morgan fingerprint density at radius 3 is 2.41 bits per heavy atom. The number of hydrogen-bond acceptors (Lipinski definition) is 1. The number of thioether (sulfide) groups is 1. The molecule has 0 aromatic carbocycles. The average Bonchev–Trinajstić information content (AvgIpc) is 2.48. The highest BCUT2D eigenvalue weighted by molar-refractivity contribution is 8.04. The van der Waals surface area contributed by atoms with Gasteiger partial charge in [-0.3, -0.25) is 0 Å². The highest BCUT2D eigenvalue weighted by Gasteiger charge is 2.38. The van der Waals surface area contributed by atoms with Crippen molar-refractivity contribution in [1.82, 2.24) is 0 Å². The summed E-state index contributed by atoms with van der Waals surface area (Å²) >= 11 is 2.24. The third-order valence-corrected chi connectivity index (χ3v) is 6.19. The van der Waals surface area contributed by atoms with Crippen LogP contribution in [0.2, 0.25) is 5.82 Å². The van der Waals surface area contributed by atoms with Crippen LogP contribution in [0.4, 0.5) is 0 Å². The summed E-state index contributed by atoms with van der Waals surface area (Å²) < 4.78 is 0. The molecule has 1 saturated carbocycles. The molecule has 0 radical (unpaired) electrons. The van der Waals surface area contributed by atoms with Crippen LogP contribution in [-0.2, 0) is 0 Å². The molecule has 3 unspecified atom stereocenters. The van der Waals surface area contributed by atoms with Gasteiger partial charge in [-0.1, -0.05) is 51.9 Å². The van der Waals surface area contributed by atoms with Gasteiger partial charge in [0, 0.05) is 5.25 Å². The fraction of sp³-hybridized carbons (Fsp3) is 0.867. The molecule has 1 aliphatic carbocycles. The first-order valence-electron chi connectivity index (χ1n) is 7.41. The largest absolute Gasteiger partial charge is 0.126 e. The van der Waals surface area contributed by atoms with Crippen LogP contribution in [0.3, 0.4) is 0 Å². The molecule has 0 amide bonds. The fourth-order valence-electron chi connectivity index (χ4n) is 3.63. The van der Waals surface area contributed by atoms with Gasteiger partial charge >= 0.3 is 0 Å². The molecule has 0 N–H and O–H groups in total. The molecule has 3 atom stereocenters. The lowest BCUT2D eigenvalue weighted by molar-refractivity contribution is 0.497. The summed E-state index contributed by atoms with van der Waals surface area (Å²) in [6.07, 6.45) is 5.80. The van der Waals surface area contributed by atoms with Crippen LogP contribution in [0, 0.1) is 17.8 Å². The Labute approximate surface area is 112 Å². The molecule has 0 saturated heterocycles.